The predicted molar refractivity (Wildman–Crippen MR) is 556 cm³/mol. The molecular formula is C120H69N9OS2. The van der Waals surface area contributed by atoms with E-state index in [0.717, 1.165) is 125 Å². The van der Waals surface area contributed by atoms with Gasteiger partial charge in [-0.05, 0) is 123 Å². The normalized spacial score (nSPS) is 12.1. The van der Waals surface area contributed by atoms with Crippen molar-refractivity contribution in [1.82, 2.24) is 43.6 Å². The lowest BCUT2D eigenvalue weighted by Crippen LogP contribution is -2.03. The van der Waals surface area contributed by atoms with Gasteiger partial charge in [0.25, 0.3) is 0 Å². The van der Waals surface area contributed by atoms with Gasteiger partial charge >= 0.3 is 0 Å². The monoisotopic (exact) mass is 1720 g/mol. The quantitative estimate of drug-likeness (QED) is 0.163. The molecule has 30 rings (SSSR count). The van der Waals surface area contributed by atoms with Crippen LogP contribution in [0.25, 0.3) is 277 Å². The van der Waals surface area contributed by atoms with Crippen LogP contribution < -0.4 is 0 Å². The van der Waals surface area contributed by atoms with E-state index in [4.69, 9.17) is 34.3 Å². The van der Waals surface area contributed by atoms with Gasteiger partial charge in [-0.15, -0.1) is 22.7 Å². The first kappa shape index (κ1) is 74.0. The van der Waals surface area contributed by atoms with Crippen molar-refractivity contribution in [3.8, 4) is 51.6 Å². The Morgan fingerprint density at radius 1 is 0.197 bits per heavy atom. The highest BCUT2D eigenvalue weighted by atomic mass is 32.1. The summed E-state index contributed by atoms with van der Waals surface area (Å²) in [7, 11) is 0. The van der Waals surface area contributed by atoms with Crippen LogP contribution in [0.3, 0.4) is 0 Å². The van der Waals surface area contributed by atoms with Gasteiger partial charge in [0.1, 0.15) is 21.6 Å². The van der Waals surface area contributed by atoms with E-state index in [0.29, 0.717) is 23.4 Å². The number of rotatable bonds is 6. The molecule has 0 bridgehead atoms. The van der Waals surface area contributed by atoms with Crippen molar-refractivity contribution < 1.29 is 4.42 Å². The number of thiophene rings is 2. The van der Waals surface area contributed by atoms with Gasteiger partial charge < -0.3 is 4.42 Å². The van der Waals surface area contributed by atoms with Crippen molar-refractivity contribution in [2.24, 2.45) is 0 Å². The molecule has 9 heterocycles. The van der Waals surface area contributed by atoms with Crippen LogP contribution in [-0.2, 0) is 0 Å². The van der Waals surface area contributed by atoms with Gasteiger partial charge in [-0.2, -0.15) is 0 Å². The van der Waals surface area contributed by atoms with Crippen LogP contribution >= 0.6 is 22.7 Å². The third kappa shape index (κ3) is 11.2. The summed E-state index contributed by atoms with van der Waals surface area (Å²) in [5.41, 5.74) is 16.0. The third-order valence-corrected chi connectivity index (χ3v) is 29.2. The number of hydrogen-bond donors (Lipinski definition) is 0. The van der Waals surface area contributed by atoms with Crippen molar-refractivity contribution in [2.75, 3.05) is 0 Å². The van der Waals surface area contributed by atoms with E-state index in [1.165, 1.54) is 128 Å². The molecule has 0 fully saturated rings. The molecule has 0 aliphatic heterocycles. The van der Waals surface area contributed by atoms with Gasteiger partial charge in [0.05, 0.1) is 54.7 Å². The molecule has 21 aromatic carbocycles. The van der Waals surface area contributed by atoms with E-state index < -0.39 is 0 Å². The highest BCUT2D eigenvalue weighted by Crippen LogP contribution is 2.50. The second-order valence-corrected chi connectivity index (χ2v) is 36.2. The van der Waals surface area contributed by atoms with Gasteiger partial charge in [-0.25, -0.2) is 29.9 Å². The molecule has 0 radical (unpaired) electrons. The summed E-state index contributed by atoms with van der Waals surface area (Å²) in [6.07, 6.45) is 0. The molecule has 0 N–H and O–H groups in total. The fraction of sp³-hybridized carbons (Fsp3) is 0. The molecule has 0 saturated carbocycles. The molecule has 0 saturated heterocycles. The molecule has 9 aromatic heterocycles. The van der Waals surface area contributed by atoms with Crippen LogP contribution in [0.15, 0.2) is 423 Å². The van der Waals surface area contributed by atoms with Gasteiger partial charge in [-0.3, -0.25) is 13.7 Å². The van der Waals surface area contributed by atoms with E-state index in [-0.39, 0.29) is 0 Å². The number of benzene rings is 21. The van der Waals surface area contributed by atoms with E-state index in [9.17, 15) is 0 Å². The summed E-state index contributed by atoms with van der Waals surface area (Å²) in [6, 6.07) is 149. The summed E-state index contributed by atoms with van der Waals surface area (Å²) >= 11 is 3.51. The highest BCUT2D eigenvalue weighted by Gasteiger charge is 2.29. The molecule has 30 aromatic rings. The minimum absolute atomic E-state index is 0.624. The smallest absolute Gasteiger partial charge is 0.236 e. The first-order valence-electron chi connectivity index (χ1n) is 44.5. The molecule has 12 heteroatoms. The standard InChI is InChI=1S/C40H23N3O.2C40H23N3S/c1-4-14-27-24(10-1)13-9-18-30(27)36-39-37(31-17-7-8-19-34(31)44-39)42-40(41-36)43-33-23-21-25-11-2-5-15-28(25)35(33)32-22-20-26-12-3-6-16-29(26)38(32)43;1-4-14-27-24(10-1)13-9-18-30(27)37-36-31-17-7-8-19-34(31)44-39(36)42-40(41-37)43-33-23-21-25-11-2-5-15-28(25)35(33)32-22-20-26-12-3-6-16-29(26)38(32)43;1-4-14-27-24(10-1)13-9-18-30(27)36-39-37(31-17-7-8-19-34(31)44-39)42-40(41-36)43-33-23-21-25-11-2-5-15-28(25)35(33)32-22-20-26-12-3-6-16-29(26)38(32)43/h3*1-23H. The summed E-state index contributed by atoms with van der Waals surface area (Å²) in [5, 5.41) is 33.3. The minimum Gasteiger partial charge on any atom is -0.452 e. The Morgan fingerprint density at radius 2 is 0.508 bits per heavy atom. The Hall–Kier alpha value is -17.2. The summed E-state index contributed by atoms with van der Waals surface area (Å²) in [6.45, 7) is 0. The fourth-order valence-corrected chi connectivity index (χ4v) is 23.4. The second kappa shape index (κ2) is 29.2. The van der Waals surface area contributed by atoms with E-state index in [1.807, 2.05) is 18.2 Å². The topological polar surface area (TPSA) is 105 Å². The highest BCUT2D eigenvalue weighted by molar-refractivity contribution is 7.26. The molecule has 0 amide bonds. The molecular weight excluding hydrogens is 1650 g/mol. The summed E-state index contributed by atoms with van der Waals surface area (Å²) in [4.78, 5) is 33.6. The molecule has 0 spiro atoms. The number of aromatic nitrogens is 9. The Morgan fingerprint density at radius 3 is 0.962 bits per heavy atom. The molecule has 0 atom stereocenters. The number of fused-ring (bicyclic) bond motifs is 33. The Bertz CT molecular complexity index is 9790. The van der Waals surface area contributed by atoms with Crippen molar-refractivity contribution >= 4 is 248 Å². The molecule has 132 heavy (non-hydrogen) atoms. The van der Waals surface area contributed by atoms with Gasteiger partial charge in [0.2, 0.25) is 17.8 Å². The summed E-state index contributed by atoms with van der Waals surface area (Å²) < 4.78 is 16.9. The first-order valence-corrected chi connectivity index (χ1v) is 46.2. The fourth-order valence-electron chi connectivity index (χ4n) is 21.2. The zero-order valence-electron chi connectivity index (χ0n) is 70.6. The predicted octanol–water partition coefficient (Wildman–Crippen LogP) is 32.7. The SMILES string of the molecule is c1ccc2c(-c3nc(-n4c5ccc6ccccc6c5c5ccc6ccccc6c54)nc4c3oc3ccccc34)cccc2c1.c1ccc2c(-c3nc(-n4c5ccc6ccccc6c5c5ccc6ccccc6c54)nc4c3sc3ccccc34)cccc2c1.c1ccc2c(-c3nc(-n4c5ccc6ccccc6c5c5ccc6ccccc6c54)nc4sc5ccccc5c34)cccc2c1. The van der Waals surface area contributed by atoms with Crippen LogP contribution in [0.2, 0.25) is 0 Å². The van der Waals surface area contributed by atoms with Crippen LogP contribution in [0.5, 0.6) is 0 Å². The molecule has 0 unspecified atom stereocenters. The molecule has 10 nitrogen and oxygen atoms in total. The number of hydrogen-bond acceptors (Lipinski definition) is 9. The number of furan rings is 1. The average molecular weight is 1720 g/mol. The van der Waals surface area contributed by atoms with Crippen LogP contribution in [0.4, 0.5) is 0 Å². The van der Waals surface area contributed by atoms with Crippen molar-refractivity contribution in [1.29, 1.82) is 0 Å². The summed E-state index contributed by atoms with van der Waals surface area (Å²) in [5.74, 6) is 2.01. The first-order chi connectivity index (χ1) is 65.5. The van der Waals surface area contributed by atoms with Gasteiger partial charge in [0, 0.05) is 96.1 Å². The lowest BCUT2D eigenvalue weighted by atomic mass is 9.99. The third-order valence-electron chi connectivity index (χ3n) is 27.0. The van der Waals surface area contributed by atoms with Crippen molar-refractivity contribution in [3.63, 3.8) is 0 Å². The van der Waals surface area contributed by atoms with Crippen LogP contribution in [0.1, 0.15) is 0 Å². The largest absolute Gasteiger partial charge is 0.452 e. The molecule has 612 valence electrons. The maximum Gasteiger partial charge on any atom is 0.236 e. The van der Waals surface area contributed by atoms with E-state index >= 15 is 0 Å². The lowest BCUT2D eigenvalue weighted by Gasteiger charge is -2.13. The van der Waals surface area contributed by atoms with Gasteiger partial charge in [-0.1, -0.05) is 376 Å². The Balaban J connectivity index is 0.0000000991. The van der Waals surface area contributed by atoms with E-state index in [1.54, 1.807) is 22.7 Å². The zero-order valence-corrected chi connectivity index (χ0v) is 72.2. The van der Waals surface area contributed by atoms with Crippen LogP contribution in [0, 0.1) is 0 Å². The van der Waals surface area contributed by atoms with Crippen LogP contribution in [-0.4, -0.2) is 43.6 Å². The molecule has 0 aliphatic rings. The Labute approximate surface area is 760 Å². The lowest BCUT2D eigenvalue weighted by molar-refractivity contribution is 0.666. The number of para-hydroxylation sites is 1. The second-order valence-electron chi connectivity index (χ2n) is 34.1. The van der Waals surface area contributed by atoms with Gasteiger partial charge in [0.15, 0.2) is 5.58 Å². The number of nitrogens with zero attached hydrogens (tertiary/aromatic N) is 9. The van der Waals surface area contributed by atoms with Crippen molar-refractivity contribution in [2.45, 2.75) is 0 Å². The Kier molecular flexibility index (Phi) is 16.4. The minimum atomic E-state index is 0.624. The average Bonchev–Trinajstić information content (AvgIpc) is 1.55. The maximum absolute atomic E-state index is 6.53. The zero-order chi connectivity index (χ0) is 86.3. The van der Waals surface area contributed by atoms with E-state index in [2.05, 4.69) is 414 Å². The molecule has 0 aliphatic carbocycles. The van der Waals surface area contributed by atoms with Crippen molar-refractivity contribution in [3.05, 3.63) is 419 Å². The maximum atomic E-state index is 6.53.